The van der Waals surface area contributed by atoms with Crippen LogP contribution in [0.15, 0.2) is 22.9 Å². The molecular weight excluding hydrogens is 284 g/mol. The Morgan fingerprint density at radius 1 is 1.53 bits per heavy atom. The van der Waals surface area contributed by atoms with Crippen LogP contribution in [0.5, 0.6) is 0 Å². The molecule has 0 aliphatic carbocycles. The van der Waals surface area contributed by atoms with E-state index >= 15 is 0 Å². The van der Waals surface area contributed by atoms with Crippen LogP contribution in [0.4, 0.5) is 5.69 Å². The minimum absolute atomic E-state index is 0.0128. The maximum absolute atomic E-state index is 11.8. The Balaban J connectivity index is 1.86. The normalized spacial score (nSPS) is 16.8. The van der Waals surface area contributed by atoms with Crippen LogP contribution in [0.3, 0.4) is 0 Å². The maximum atomic E-state index is 11.8. The molecule has 92 valence electrons. The van der Waals surface area contributed by atoms with Crippen molar-refractivity contribution in [1.82, 2.24) is 15.2 Å². The van der Waals surface area contributed by atoms with Crippen LogP contribution in [0.1, 0.15) is 0 Å². The van der Waals surface area contributed by atoms with E-state index in [1.165, 1.54) is 0 Å². The van der Waals surface area contributed by atoms with Gasteiger partial charge in [0.25, 0.3) is 0 Å². The molecule has 2 N–H and O–H groups in total. The molecule has 1 aromatic heterocycles. The minimum Gasteiger partial charge on any atom is -0.324 e. The van der Waals surface area contributed by atoms with E-state index in [0.29, 0.717) is 6.54 Å². The van der Waals surface area contributed by atoms with Crippen LogP contribution in [0.2, 0.25) is 0 Å². The number of aromatic nitrogens is 1. The van der Waals surface area contributed by atoms with Gasteiger partial charge in [-0.25, -0.2) is 0 Å². The summed E-state index contributed by atoms with van der Waals surface area (Å²) in [7, 11) is 0. The van der Waals surface area contributed by atoms with Crippen LogP contribution < -0.4 is 10.6 Å². The number of halogens is 1. The second-order valence-electron chi connectivity index (χ2n) is 3.93. The zero-order valence-corrected chi connectivity index (χ0v) is 11.0. The maximum Gasteiger partial charge on any atom is 0.238 e. The van der Waals surface area contributed by atoms with Gasteiger partial charge in [0.05, 0.1) is 16.7 Å². The Bertz CT molecular complexity index is 393. The first kappa shape index (κ1) is 12.5. The molecular formula is C11H15BrN4O. The first-order valence-electron chi connectivity index (χ1n) is 5.58. The number of hydrogen-bond acceptors (Lipinski definition) is 4. The average molecular weight is 299 g/mol. The van der Waals surface area contributed by atoms with E-state index in [4.69, 9.17) is 0 Å². The number of rotatable bonds is 3. The third-order valence-electron chi connectivity index (χ3n) is 2.62. The highest BCUT2D eigenvalue weighted by Gasteiger charge is 2.13. The molecule has 0 aromatic carbocycles. The Morgan fingerprint density at radius 3 is 3.00 bits per heavy atom. The summed E-state index contributed by atoms with van der Waals surface area (Å²) in [5.41, 5.74) is 0.764. The molecule has 0 unspecified atom stereocenters. The van der Waals surface area contributed by atoms with E-state index in [0.717, 1.165) is 36.3 Å². The summed E-state index contributed by atoms with van der Waals surface area (Å²) in [6.45, 7) is 4.19. The Morgan fingerprint density at radius 2 is 2.29 bits per heavy atom. The lowest BCUT2D eigenvalue weighted by Gasteiger charge is -2.26. The molecule has 5 nitrogen and oxygen atoms in total. The number of amides is 1. The smallest absolute Gasteiger partial charge is 0.238 e. The average Bonchev–Trinajstić information content (AvgIpc) is 2.33. The van der Waals surface area contributed by atoms with Crippen molar-refractivity contribution in [1.29, 1.82) is 0 Å². The van der Waals surface area contributed by atoms with E-state index in [9.17, 15) is 4.79 Å². The van der Waals surface area contributed by atoms with Crippen LogP contribution in [0.25, 0.3) is 0 Å². The summed E-state index contributed by atoms with van der Waals surface area (Å²) >= 11 is 3.35. The quantitative estimate of drug-likeness (QED) is 0.862. The van der Waals surface area contributed by atoms with E-state index in [1.807, 2.05) is 0 Å². The van der Waals surface area contributed by atoms with Crippen molar-refractivity contribution in [3.05, 3.63) is 22.9 Å². The molecule has 0 atom stereocenters. The van der Waals surface area contributed by atoms with E-state index < -0.39 is 0 Å². The summed E-state index contributed by atoms with van der Waals surface area (Å²) in [5.74, 6) is 0.0128. The zero-order chi connectivity index (χ0) is 12.1. The van der Waals surface area contributed by atoms with Gasteiger partial charge in [-0.15, -0.1) is 0 Å². The number of nitrogens with one attached hydrogen (secondary N) is 2. The molecule has 0 saturated carbocycles. The molecule has 1 saturated heterocycles. The molecule has 1 aromatic rings. The van der Waals surface area contributed by atoms with Gasteiger partial charge >= 0.3 is 0 Å². The third-order valence-corrected chi connectivity index (χ3v) is 3.26. The fourth-order valence-corrected chi connectivity index (χ4v) is 2.09. The largest absolute Gasteiger partial charge is 0.324 e. The summed E-state index contributed by atoms with van der Waals surface area (Å²) in [5, 5.41) is 6.13. The molecule has 1 aliphatic heterocycles. The van der Waals surface area contributed by atoms with Gasteiger partial charge in [0.15, 0.2) is 0 Å². The van der Waals surface area contributed by atoms with Crippen molar-refractivity contribution in [3.8, 4) is 0 Å². The summed E-state index contributed by atoms with van der Waals surface area (Å²) in [6, 6.07) is 1.78. The van der Waals surface area contributed by atoms with Crippen molar-refractivity contribution >= 4 is 27.5 Å². The van der Waals surface area contributed by atoms with Gasteiger partial charge in [-0.2, -0.15) is 0 Å². The SMILES string of the molecule is O=C(CN1CCNCC1)Nc1ccncc1Br. The van der Waals surface area contributed by atoms with Gasteiger partial charge in [-0.05, 0) is 22.0 Å². The first-order chi connectivity index (χ1) is 8.25. The molecule has 0 radical (unpaired) electrons. The van der Waals surface area contributed by atoms with Crippen molar-refractivity contribution in [3.63, 3.8) is 0 Å². The van der Waals surface area contributed by atoms with E-state index in [-0.39, 0.29) is 5.91 Å². The molecule has 0 spiro atoms. The third kappa shape index (κ3) is 3.76. The lowest BCUT2D eigenvalue weighted by molar-refractivity contribution is -0.117. The second kappa shape index (κ2) is 6.09. The highest BCUT2D eigenvalue weighted by molar-refractivity contribution is 9.10. The van der Waals surface area contributed by atoms with Crippen molar-refractivity contribution < 1.29 is 4.79 Å². The zero-order valence-electron chi connectivity index (χ0n) is 9.45. The number of hydrogen-bond donors (Lipinski definition) is 2. The number of nitrogens with zero attached hydrogens (tertiary/aromatic N) is 2. The van der Waals surface area contributed by atoms with Crippen molar-refractivity contribution in [2.45, 2.75) is 0 Å². The molecule has 1 aliphatic rings. The molecule has 2 heterocycles. The highest BCUT2D eigenvalue weighted by Crippen LogP contribution is 2.19. The van der Waals surface area contributed by atoms with Gasteiger partial charge in [0.1, 0.15) is 0 Å². The Labute approximate surface area is 109 Å². The molecule has 1 amide bonds. The van der Waals surface area contributed by atoms with Crippen LogP contribution in [-0.2, 0) is 4.79 Å². The van der Waals surface area contributed by atoms with Crippen LogP contribution >= 0.6 is 15.9 Å². The lowest BCUT2D eigenvalue weighted by Crippen LogP contribution is -2.46. The van der Waals surface area contributed by atoms with Gasteiger partial charge in [0, 0.05) is 38.6 Å². The molecule has 2 rings (SSSR count). The van der Waals surface area contributed by atoms with Crippen LogP contribution in [-0.4, -0.2) is 48.5 Å². The van der Waals surface area contributed by atoms with Gasteiger partial charge in [-0.1, -0.05) is 0 Å². The lowest BCUT2D eigenvalue weighted by atomic mass is 10.3. The number of carbonyl (C=O) groups excluding carboxylic acids is 1. The number of anilines is 1. The van der Waals surface area contributed by atoms with Crippen LogP contribution in [0, 0.1) is 0 Å². The van der Waals surface area contributed by atoms with E-state index in [1.54, 1.807) is 18.5 Å². The fourth-order valence-electron chi connectivity index (χ4n) is 1.74. The van der Waals surface area contributed by atoms with Gasteiger partial charge < -0.3 is 10.6 Å². The van der Waals surface area contributed by atoms with Gasteiger partial charge in [-0.3, -0.25) is 14.7 Å². The summed E-state index contributed by atoms with van der Waals surface area (Å²) in [6.07, 6.45) is 3.33. The Kier molecular flexibility index (Phi) is 4.47. The summed E-state index contributed by atoms with van der Waals surface area (Å²) < 4.78 is 0.800. The molecule has 1 fully saturated rings. The number of pyridine rings is 1. The minimum atomic E-state index is 0.0128. The van der Waals surface area contributed by atoms with Gasteiger partial charge in [0.2, 0.25) is 5.91 Å². The number of carbonyl (C=O) groups is 1. The molecule has 17 heavy (non-hydrogen) atoms. The highest BCUT2D eigenvalue weighted by atomic mass is 79.9. The van der Waals surface area contributed by atoms with E-state index in [2.05, 4.69) is 36.4 Å². The number of piperazine rings is 1. The predicted octanol–water partition coefficient (Wildman–Crippen LogP) is 0.688. The van der Waals surface area contributed by atoms with Crippen molar-refractivity contribution in [2.24, 2.45) is 0 Å². The first-order valence-corrected chi connectivity index (χ1v) is 6.37. The fraction of sp³-hybridized carbons (Fsp3) is 0.455. The molecule has 6 heteroatoms. The summed E-state index contributed by atoms with van der Waals surface area (Å²) in [4.78, 5) is 17.9. The topological polar surface area (TPSA) is 57.3 Å². The standard InChI is InChI=1S/C11H15BrN4O/c12-9-7-14-2-1-10(9)15-11(17)8-16-5-3-13-4-6-16/h1-2,7,13H,3-6,8H2,(H,14,15,17). The predicted molar refractivity (Wildman–Crippen MR) is 69.9 cm³/mol. The molecule has 0 bridgehead atoms. The Hall–Kier alpha value is -0.980. The van der Waals surface area contributed by atoms with Crippen molar-refractivity contribution in [2.75, 3.05) is 38.0 Å². The monoisotopic (exact) mass is 298 g/mol. The second-order valence-corrected chi connectivity index (χ2v) is 4.78.